The summed E-state index contributed by atoms with van der Waals surface area (Å²) in [5.41, 5.74) is 2.36. The second-order valence-electron chi connectivity index (χ2n) is 7.51. The molecule has 1 heterocycles. The Bertz CT molecular complexity index is 965. The molecule has 150 valence electrons. The van der Waals surface area contributed by atoms with Crippen LogP contribution in [0.1, 0.15) is 34.3 Å². The molecule has 1 saturated heterocycles. The number of anilines is 1. The summed E-state index contributed by atoms with van der Waals surface area (Å²) in [7, 11) is -1.66. The van der Waals surface area contributed by atoms with Gasteiger partial charge in [-0.3, -0.25) is 9.52 Å². The van der Waals surface area contributed by atoms with E-state index in [9.17, 15) is 13.2 Å². The van der Waals surface area contributed by atoms with E-state index in [4.69, 9.17) is 0 Å². The van der Waals surface area contributed by atoms with Gasteiger partial charge in [0, 0.05) is 17.3 Å². The van der Waals surface area contributed by atoms with Crippen LogP contribution in [0.4, 0.5) is 5.69 Å². The van der Waals surface area contributed by atoms with Crippen molar-refractivity contribution in [1.82, 2.24) is 10.2 Å². The van der Waals surface area contributed by atoms with E-state index in [1.54, 1.807) is 43.3 Å². The fourth-order valence-corrected chi connectivity index (χ4v) is 4.73. The number of piperidine rings is 1. The van der Waals surface area contributed by atoms with Gasteiger partial charge in [0.25, 0.3) is 15.9 Å². The maximum atomic E-state index is 12.8. The Kier molecular flexibility index (Phi) is 6.05. The standard InChI is InChI=1S/C21H27N3O3S/c1-15-7-8-16(2)20(13-15)28(26,27)23-19-6-4-5-17(14-19)21(25)22-18-9-11-24(3)12-10-18/h4-8,13-14,18,23H,9-12H2,1-3H3,(H,22,25). The molecule has 0 aromatic heterocycles. The quantitative estimate of drug-likeness (QED) is 0.807. The number of hydrogen-bond donors (Lipinski definition) is 2. The van der Waals surface area contributed by atoms with Gasteiger partial charge in [-0.25, -0.2) is 8.42 Å². The number of rotatable bonds is 5. The first-order chi connectivity index (χ1) is 13.2. The monoisotopic (exact) mass is 401 g/mol. The van der Waals surface area contributed by atoms with Gasteiger partial charge in [0.15, 0.2) is 0 Å². The highest BCUT2D eigenvalue weighted by Gasteiger charge is 2.20. The Balaban J connectivity index is 1.74. The van der Waals surface area contributed by atoms with Crippen molar-refractivity contribution in [2.45, 2.75) is 37.6 Å². The molecule has 2 aromatic carbocycles. The van der Waals surface area contributed by atoms with Crippen molar-refractivity contribution >= 4 is 21.6 Å². The highest BCUT2D eigenvalue weighted by Crippen LogP contribution is 2.21. The van der Waals surface area contributed by atoms with Gasteiger partial charge in [0.2, 0.25) is 0 Å². The number of carbonyl (C=O) groups excluding carboxylic acids is 1. The average Bonchev–Trinajstić information content (AvgIpc) is 2.65. The van der Waals surface area contributed by atoms with Crippen molar-refractivity contribution in [2.24, 2.45) is 0 Å². The van der Waals surface area contributed by atoms with Crippen LogP contribution >= 0.6 is 0 Å². The Labute approximate surface area is 167 Å². The molecule has 1 amide bonds. The minimum absolute atomic E-state index is 0.152. The van der Waals surface area contributed by atoms with Gasteiger partial charge in [0.1, 0.15) is 0 Å². The maximum absolute atomic E-state index is 12.8. The Morgan fingerprint density at radius 3 is 2.50 bits per heavy atom. The number of carbonyl (C=O) groups is 1. The van der Waals surface area contributed by atoms with Gasteiger partial charge in [-0.05, 0) is 82.2 Å². The van der Waals surface area contributed by atoms with Crippen LogP contribution in [-0.4, -0.2) is 45.4 Å². The molecule has 1 fully saturated rings. The lowest BCUT2D eigenvalue weighted by atomic mass is 10.0. The summed E-state index contributed by atoms with van der Waals surface area (Å²) < 4.78 is 28.2. The van der Waals surface area contributed by atoms with Crippen LogP contribution in [0.5, 0.6) is 0 Å². The molecule has 0 aliphatic carbocycles. The predicted molar refractivity (Wildman–Crippen MR) is 111 cm³/mol. The molecule has 0 bridgehead atoms. The first-order valence-electron chi connectivity index (χ1n) is 9.44. The smallest absolute Gasteiger partial charge is 0.262 e. The number of nitrogens with one attached hydrogen (secondary N) is 2. The third-order valence-corrected chi connectivity index (χ3v) is 6.59. The number of sulfonamides is 1. The van der Waals surface area contributed by atoms with Gasteiger partial charge < -0.3 is 10.2 Å². The van der Waals surface area contributed by atoms with Crippen LogP contribution in [-0.2, 0) is 10.0 Å². The summed E-state index contributed by atoms with van der Waals surface area (Å²) in [5.74, 6) is -0.178. The molecule has 28 heavy (non-hydrogen) atoms. The van der Waals surface area contributed by atoms with Gasteiger partial charge >= 0.3 is 0 Å². The topological polar surface area (TPSA) is 78.5 Å². The van der Waals surface area contributed by atoms with E-state index < -0.39 is 10.0 Å². The summed E-state index contributed by atoms with van der Waals surface area (Å²) in [6, 6.07) is 12.1. The fourth-order valence-electron chi connectivity index (χ4n) is 3.35. The molecule has 3 rings (SSSR count). The second-order valence-corrected chi connectivity index (χ2v) is 9.16. The summed E-state index contributed by atoms with van der Waals surface area (Å²) in [6.45, 7) is 5.53. The number of nitrogens with zero attached hydrogens (tertiary/aromatic N) is 1. The van der Waals surface area contributed by atoms with E-state index in [2.05, 4.69) is 22.0 Å². The Hall–Kier alpha value is -2.38. The van der Waals surface area contributed by atoms with Crippen LogP contribution in [0, 0.1) is 13.8 Å². The molecule has 0 spiro atoms. The molecule has 1 aliphatic rings. The Morgan fingerprint density at radius 1 is 1.07 bits per heavy atom. The zero-order valence-electron chi connectivity index (χ0n) is 16.5. The molecular weight excluding hydrogens is 374 g/mol. The van der Waals surface area contributed by atoms with Crippen molar-refractivity contribution in [1.29, 1.82) is 0 Å². The lowest BCUT2D eigenvalue weighted by Gasteiger charge is -2.29. The molecule has 6 nitrogen and oxygen atoms in total. The molecule has 7 heteroatoms. The van der Waals surface area contributed by atoms with Gasteiger partial charge in [0.05, 0.1) is 4.90 Å². The molecule has 2 N–H and O–H groups in total. The summed E-state index contributed by atoms with van der Waals surface area (Å²) in [6.07, 6.45) is 1.84. The molecule has 0 saturated carbocycles. The number of hydrogen-bond acceptors (Lipinski definition) is 4. The number of aryl methyl sites for hydroxylation is 2. The summed E-state index contributed by atoms with van der Waals surface area (Å²) >= 11 is 0. The van der Waals surface area contributed by atoms with E-state index in [1.807, 2.05) is 13.0 Å². The fraction of sp³-hybridized carbons (Fsp3) is 0.381. The molecule has 0 atom stereocenters. The third kappa shape index (κ3) is 4.91. The third-order valence-electron chi connectivity index (χ3n) is 5.06. The second kappa shape index (κ2) is 8.32. The van der Waals surface area contributed by atoms with Gasteiger partial charge in [-0.2, -0.15) is 0 Å². The van der Waals surface area contributed by atoms with Gasteiger partial charge in [-0.15, -0.1) is 0 Å². The van der Waals surface area contributed by atoms with E-state index in [1.165, 1.54) is 0 Å². The zero-order valence-corrected chi connectivity index (χ0v) is 17.3. The van der Waals surface area contributed by atoms with E-state index >= 15 is 0 Å². The van der Waals surface area contributed by atoms with Crippen molar-refractivity contribution in [3.63, 3.8) is 0 Å². The van der Waals surface area contributed by atoms with Crippen LogP contribution in [0.2, 0.25) is 0 Å². The Morgan fingerprint density at radius 2 is 1.79 bits per heavy atom. The van der Waals surface area contributed by atoms with Crippen LogP contribution in [0.15, 0.2) is 47.4 Å². The molecular formula is C21H27N3O3S. The summed E-state index contributed by atoms with van der Waals surface area (Å²) in [4.78, 5) is 15.1. The minimum atomic E-state index is -3.73. The first kappa shape index (κ1) is 20.4. The normalized spacial score (nSPS) is 16.0. The number of amides is 1. The van der Waals surface area contributed by atoms with Crippen molar-refractivity contribution in [3.05, 3.63) is 59.2 Å². The first-order valence-corrected chi connectivity index (χ1v) is 10.9. The lowest BCUT2D eigenvalue weighted by Crippen LogP contribution is -2.43. The van der Waals surface area contributed by atoms with E-state index in [0.29, 0.717) is 16.8 Å². The van der Waals surface area contributed by atoms with Crippen LogP contribution in [0.3, 0.4) is 0 Å². The van der Waals surface area contributed by atoms with Crippen LogP contribution in [0.25, 0.3) is 0 Å². The largest absolute Gasteiger partial charge is 0.349 e. The van der Waals surface area contributed by atoms with Crippen molar-refractivity contribution < 1.29 is 13.2 Å². The molecule has 0 unspecified atom stereocenters. The zero-order chi connectivity index (χ0) is 20.3. The van der Waals surface area contributed by atoms with E-state index in [0.717, 1.165) is 31.5 Å². The average molecular weight is 402 g/mol. The molecule has 2 aromatic rings. The van der Waals surface area contributed by atoms with Crippen molar-refractivity contribution in [2.75, 3.05) is 24.9 Å². The number of benzene rings is 2. The van der Waals surface area contributed by atoms with E-state index in [-0.39, 0.29) is 16.8 Å². The minimum Gasteiger partial charge on any atom is -0.349 e. The predicted octanol–water partition coefficient (Wildman–Crippen LogP) is 2.93. The molecule has 0 radical (unpaired) electrons. The van der Waals surface area contributed by atoms with Gasteiger partial charge in [-0.1, -0.05) is 18.2 Å². The molecule has 1 aliphatic heterocycles. The SMILES string of the molecule is Cc1ccc(C)c(S(=O)(=O)Nc2cccc(C(=O)NC3CCN(C)CC3)c2)c1. The summed E-state index contributed by atoms with van der Waals surface area (Å²) in [5, 5.41) is 3.05. The highest BCUT2D eigenvalue weighted by atomic mass is 32.2. The lowest BCUT2D eigenvalue weighted by molar-refractivity contribution is 0.0917. The maximum Gasteiger partial charge on any atom is 0.262 e. The van der Waals surface area contributed by atoms with Crippen LogP contribution < -0.4 is 10.0 Å². The highest BCUT2D eigenvalue weighted by molar-refractivity contribution is 7.92. The van der Waals surface area contributed by atoms with Crippen molar-refractivity contribution in [3.8, 4) is 0 Å². The number of likely N-dealkylation sites (tertiary alicyclic amines) is 1.